The summed E-state index contributed by atoms with van der Waals surface area (Å²) in [6.45, 7) is 0. The summed E-state index contributed by atoms with van der Waals surface area (Å²) < 4.78 is 23.9. The van der Waals surface area contributed by atoms with Crippen LogP contribution in [0.15, 0.2) is 72.8 Å². The van der Waals surface area contributed by atoms with Crippen molar-refractivity contribution in [3.8, 4) is 45.3 Å². The molecule has 0 fully saturated rings. The van der Waals surface area contributed by atoms with Gasteiger partial charge in [0.1, 0.15) is 0 Å². The van der Waals surface area contributed by atoms with Crippen LogP contribution >= 0.6 is 0 Å². The number of ether oxygens (including phenoxy) is 4. The number of benzene rings is 4. The van der Waals surface area contributed by atoms with E-state index < -0.39 is 19.2 Å². The van der Waals surface area contributed by atoms with E-state index in [0.29, 0.717) is 0 Å². The Hall–Kier alpha value is -3.35. The molecule has 188 valence electrons. The van der Waals surface area contributed by atoms with E-state index in [1.165, 1.54) is 44.5 Å². The molecule has 0 saturated carbocycles. The predicted octanol–water partition coefficient (Wildman–Crippen LogP) is 0.651. The van der Waals surface area contributed by atoms with Crippen molar-refractivity contribution < 1.29 is 47.5 Å². The van der Waals surface area contributed by atoms with Gasteiger partial charge in [-0.1, -0.05) is 0 Å². The van der Waals surface area contributed by atoms with E-state index in [2.05, 4.69) is 60.7 Å². The maximum atomic E-state index is 5.98. The first-order valence-corrected chi connectivity index (χ1v) is 13.5. The summed E-state index contributed by atoms with van der Waals surface area (Å²) in [4.78, 5) is 0. The van der Waals surface area contributed by atoms with Gasteiger partial charge in [0.25, 0.3) is 0 Å². The smallest absolute Gasteiger partial charge is 1.00 e. The number of hydrogen-bond donors (Lipinski definition) is 0. The molecule has 2 aliphatic carbocycles. The van der Waals surface area contributed by atoms with E-state index in [1.54, 1.807) is 28.4 Å². The van der Waals surface area contributed by atoms with Gasteiger partial charge >= 0.3 is 215 Å². The molecule has 0 N–H and O–H groups in total. The van der Waals surface area contributed by atoms with Crippen LogP contribution in [0.1, 0.15) is 30.7 Å². The number of rotatable bonds is 6. The second kappa shape index (κ2) is 10.6. The molecule has 4 aromatic carbocycles. The van der Waals surface area contributed by atoms with Gasteiger partial charge in [-0.3, -0.25) is 0 Å². The van der Waals surface area contributed by atoms with E-state index in [-0.39, 0.29) is 17.9 Å². The standard InChI is InChI=1S/2C15H13O2.2FH.Ti/c2*1-16-14-8-7-12-11-6-4-3-5-10(11)9-13(12)15(14)17-2;;;/h2*3-9H,1-2H3;2*1H;/q;;;;+2/p-2. The minimum Gasteiger partial charge on any atom is -1.00 e. The molecular weight excluding hydrogens is 510 g/mol. The predicted molar refractivity (Wildman–Crippen MR) is 134 cm³/mol. The van der Waals surface area contributed by atoms with Crippen molar-refractivity contribution in [3.63, 3.8) is 0 Å². The van der Waals surface area contributed by atoms with Crippen molar-refractivity contribution in [2.45, 2.75) is 8.45 Å². The Morgan fingerprint density at radius 1 is 0.486 bits per heavy atom. The van der Waals surface area contributed by atoms with Crippen LogP contribution in [0, 0.1) is 0 Å². The largest absolute Gasteiger partial charge is 1.00 e. The van der Waals surface area contributed by atoms with Crippen LogP contribution in [0.4, 0.5) is 0 Å². The molecule has 2 aliphatic rings. The van der Waals surface area contributed by atoms with E-state index in [0.717, 1.165) is 23.0 Å². The first-order chi connectivity index (χ1) is 17.2. The molecule has 4 nitrogen and oxygen atoms in total. The monoisotopic (exact) mass is 536 g/mol. The molecule has 0 aromatic heterocycles. The van der Waals surface area contributed by atoms with Gasteiger partial charge < -0.3 is 9.41 Å². The van der Waals surface area contributed by atoms with Crippen molar-refractivity contribution in [3.05, 3.63) is 95.1 Å². The topological polar surface area (TPSA) is 36.9 Å². The third kappa shape index (κ3) is 3.90. The summed E-state index contributed by atoms with van der Waals surface area (Å²) in [6, 6.07) is 25.9. The molecule has 6 rings (SSSR count). The summed E-state index contributed by atoms with van der Waals surface area (Å²) >= 11 is -0.678. The number of fused-ring (bicyclic) bond motifs is 6. The van der Waals surface area contributed by atoms with Crippen molar-refractivity contribution in [1.29, 1.82) is 0 Å². The molecule has 37 heavy (non-hydrogen) atoms. The van der Waals surface area contributed by atoms with Gasteiger partial charge in [-0.2, -0.15) is 0 Å². The zero-order valence-electron chi connectivity index (χ0n) is 21.0. The maximum absolute atomic E-state index is 5.98. The van der Waals surface area contributed by atoms with Crippen LogP contribution in [0.25, 0.3) is 22.3 Å². The Kier molecular flexibility index (Phi) is 7.63. The van der Waals surface area contributed by atoms with Gasteiger partial charge in [0.05, 0.1) is 0 Å². The van der Waals surface area contributed by atoms with E-state index in [4.69, 9.17) is 18.9 Å². The molecular formula is C30H26F2O4Ti. The molecule has 2 unspecified atom stereocenters. The Labute approximate surface area is 224 Å². The molecule has 0 aliphatic heterocycles. The van der Waals surface area contributed by atoms with E-state index in [9.17, 15) is 0 Å². The summed E-state index contributed by atoms with van der Waals surface area (Å²) in [5.41, 5.74) is 10.3. The number of methoxy groups -OCH3 is 4. The molecule has 4 aromatic rings. The van der Waals surface area contributed by atoms with Crippen molar-refractivity contribution >= 4 is 0 Å². The fourth-order valence-corrected chi connectivity index (χ4v) is 9.04. The minimum atomic E-state index is -0.678. The Bertz CT molecular complexity index is 1350. The van der Waals surface area contributed by atoms with E-state index in [1.807, 2.05) is 12.1 Å². The maximum Gasteiger partial charge on any atom is -1.00 e. The van der Waals surface area contributed by atoms with Gasteiger partial charge in [-0.05, 0) is 0 Å². The van der Waals surface area contributed by atoms with Crippen LogP contribution in [0.3, 0.4) is 0 Å². The quantitative estimate of drug-likeness (QED) is 0.340. The fraction of sp³-hybridized carbons (Fsp3) is 0.200. The molecule has 0 spiro atoms. The van der Waals surface area contributed by atoms with Crippen LogP contribution in [-0.2, 0) is 19.2 Å². The van der Waals surface area contributed by atoms with Gasteiger partial charge in [-0.15, -0.1) is 0 Å². The van der Waals surface area contributed by atoms with E-state index >= 15 is 0 Å². The second-order valence-electron chi connectivity index (χ2n) is 8.73. The van der Waals surface area contributed by atoms with Crippen molar-refractivity contribution in [2.24, 2.45) is 0 Å². The van der Waals surface area contributed by atoms with Crippen LogP contribution in [0.5, 0.6) is 23.0 Å². The third-order valence-corrected chi connectivity index (χ3v) is 10.1. The summed E-state index contributed by atoms with van der Waals surface area (Å²) in [6.07, 6.45) is 0. The zero-order valence-corrected chi connectivity index (χ0v) is 22.5. The SMILES string of the molecule is COc1ccc2c(c1OC)[CH]([Ti+2][CH]1c3ccccc3-c3ccc(OC)c(OC)c31)c1ccccc1-2.[F-].[F-]. The van der Waals surface area contributed by atoms with Crippen molar-refractivity contribution in [1.82, 2.24) is 0 Å². The van der Waals surface area contributed by atoms with Gasteiger partial charge in [0.15, 0.2) is 0 Å². The Morgan fingerprint density at radius 3 is 1.27 bits per heavy atom. The molecule has 0 radical (unpaired) electrons. The molecule has 0 bridgehead atoms. The number of hydrogen-bond acceptors (Lipinski definition) is 4. The van der Waals surface area contributed by atoms with Crippen LogP contribution < -0.4 is 28.4 Å². The molecule has 0 saturated heterocycles. The fourth-order valence-electron chi connectivity index (χ4n) is 5.76. The minimum absolute atomic E-state index is 0. The molecule has 2 atom stereocenters. The van der Waals surface area contributed by atoms with Gasteiger partial charge in [0, 0.05) is 0 Å². The van der Waals surface area contributed by atoms with Crippen LogP contribution in [-0.4, -0.2) is 28.4 Å². The van der Waals surface area contributed by atoms with Crippen molar-refractivity contribution in [2.75, 3.05) is 28.4 Å². The number of halogens is 2. The first kappa shape index (κ1) is 26.7. The normalized spacial score (nSPS) is 15.6. The molecule has 7 heteroatoms. The Morgan fingerprint density at radius 2 is 0.892 bits per heavy atom. The van der Waals surface area contributed by atoms with Gasteiger partial charge in [0.2, 0.25) is 0 Å². The first-order valence-electron chi connectivity index (χ1n) is 11.7. The Balaban J connectivity index is 0.00000160. The summed E-state index contributed by atoms with van der Waals surface area (Å²) in [5.74, 6) is 3.25. The summed E-state index contributed by atoms with van der Waals surface area (Å²) in [7, 11) is 6.90. The average Bonchev–Trinajstić information content (AvgIpc) is 3.40. The molecule has 0 heterocycles. The van der Waals surface area contributed by atoms with Gasteiger partial charge in [-0.25, -0.2) is 0 Å². The summed E-state index contributed by atoms with van der Waals surface area (Å²) in [5, 5.41) is 0. The molecule has 0 amide bonds. The third-order valence-electron chi connectivity index (χ3n) is 7.20. The second-order valence-corrected chi connectivity index (χ2v) is 11.1. The average molecular weight is 536 g/mol. The zero-order chi connectivity index (χ0) is 24.1. The van der Waals surface area contributed by atoms with Crippen LogP contribution in [0.2, 0.25) is 0 Å².